The Morgan fingerprint density at radius 3 is 1.76 bits per heavy atom. The summed E-state index contributed by atoms with van der Waals surface area (Å²) in [6.07, 6.45) is 0. The molecular formula is C47H29FN2O. The molecule has 0 spiro atoms. The second-order valence-corrected chi connectivity index (χ2v) is 12.8. The number of aromatic nitrogens is 2. The normalized spacial score (nSPS) is 11.6. The molecule has 8 aromatic carbocycles. The summed E-state index contributed by atoms with van der Waals surface area (Å²) >= 11 is 0. The molecule has 0 aliphatic carbocycles. The van der Waals surface area contributed by atoms with Crippen LogP contribution < -0.4 is 0 Å². The highest BCUT2D eigenvalue weighted by Crippen LogP contribution is 2.45. The highest BCUT2D eigenvalue weighted by molar-refractivity contribution is 6.23. The van der Waals surface area contributed by atoms with Crippen LogP contribution in [0.15, 0.2) is 180 Å². The van der Waals surface area contributed by atoms with Gasteiger partial charge < -0.3 is 4.42 Å². The molecule has 0 fully saturated rings. The van der Waals surface area contributed by atoms with Crippen LogP contribution >= 0.6 is 0 Å². The van der Waals surface area contributed by atoms with E-state index in [1.165, 1.54) is 12.1 Å². The highest BCUT2D eigenvalue weighted by Gasteiger charge is 2.24. The van der Waals surface area contributed by atoms with Gasteiger partial charge in [0.2, 0.25) is 0 Å². The topological polar surface area (TPSA) is 31.0 Å². The summed E-state index contributed by atoms with van der Waals surface area (Å²) in [5, 5.41) is 4.23. The van der Waals surface area contributed by atoms with Crippen LogP contribution in [0.4, 0.5) is 4.39 Å². The maximum absolute atomic E-state index is 14.0. The Hall–Kier alpha value is -6.78. The minimum atomic E-state index is -0.260. The monoisotopic (exact) mass is 656 g/mol. The molecule has 10 rings (SSSR count). The highest BCUT2D eigenvalue weighted by atomic mass is 19.1. The van der Waals surface area contributed by atoms with Crippen LogP contribution in [0.25, 0.3) is 94.2 Å². The summed E-state index contributed by atoms with van der Waals surface area (Å²) in [5.74, 6) is 0.536. The lowest BCUT2D eigenvalue weighted by molar-refractivity contribution is 0.628. The van der Waals surface area contributed by atoms with E-state index in [-0.39, 0.29) is 5.82 Å². The van der Waals surface area contributed by atoms with Crippen molar-refractivity contribution in [3.63, 3.8) is 0 Å². The molecule has 240 valence electrons. The summed E-state index contributed by atoms with van der Waals surface area (Å²) in [6.45, 7) is 0. The molecule has 3 nitrogen and oxygen atoms in total. The zero-order chi connectivity index (χ0) is 33.9. The predicted octanol–water partition coefficient (Wildman–Crippen LogP) is 12.9. The lowest BCUT2D eigenvalue weighted by Crippen LogP contribution is -2.03. The molecular weight excluding hydrogens is 628 g/mol. The van der Waals surface area contributed by atoms with Crippen molar-refractivity contribution in [2.24, 2.45) is 0 Å². The van der Waals surface area contributed by atoms with E-state index >= 15 is 0 Å². The van der Waals surface area contributed by atoms with Gasteiger partial charge in [0.15, 0.2) is 0 Å². The Bertz CT molecular complexity index is 2850. The first-order chi connectivity index (χ1) is 25.2. The predicted molar refractivity (Wildman–Crippen MR) is 208 cm³/mol. The largest absolute Gasteiger partial charge is 0.455 e. The number of rotatable bonds is 5. The van der Waals surface area contributed by atoms with Gasteiger partial charge in [0, 0.05) is 21.9 Å². The van der Waals surface area contributed by atoms with Crippen LogP contribution in [0.5, 0.6) is 0 Å². The van der Waals surface area contributed by atoms with Crippen LogP contribution in [0.2, 0.25) is 0 Å². The van der Waals surface area contributed by atoms with Gasteiger partial charge in [0.25, 0.3) is 0 Å². The van der Waals surface area contributed by atoms with E-state index in [2.05, 4.69) is 144 Å². The van der Waals surface area contributed by atoms with E-state index < -0.39 is 0 Å². The summed E-state index contributed by atoms with van der Waals surface area (Å²) in [4.78, 5) is 5.35. The van der Waals surface area contributed by atoms with Crippen LogP contribution in [0.1, 0.15) is 0 Å². The van der Waals surface area contributed by atoms with E-state index in [0.717, 1.165) is 94.2 Å². The molecule has 0 bridgehead atoms. The zero-order valence-corrected chi connectivity index (χ0v) is 27.4. The van der Waals surface area contributed by atoms with Crippen LogP contribution in [-0.2, 0) is 0 Å². The summed E-state index contributed by atoms with van der Waals surface area (Å²) < 4.78 is 23.2. The molecule has 0 saturated heterocycles. The number of halogens is 1. The summed E-state index contributed by atoms with van der Waals surface area (Å²) in [7, 11) is 0. The van der Waals surface area contributed by atoms with Crippen molar-refractivity contribution in [2.75, 3.05) is 0 Å². The number of benzene rings is 8. The number of fused-ring (bicyclic) bond motifs is 6. The molecule has 0 N–H and O–H groups in total. The Balaban J connectivity index is 1.30. The second kappa shape index (κ2) is 11.7. The zero-order valence-electron chi connectivity index (χ0n) is 27.4. The fraction of sp³-hybridized carbons (Fsp3) is 0. The van der Waals surface area contributed by atoms with Gasteiger partial charge in [-0.25, -0.2) is 9.37 Å². The van der Waals surface area contributed by atoms with Gasteiger partial charge >= 0.3 is 0 Å². The van der Waals surface area contributed by atoms with E-state index in [4.69, 9.17) is 9.40 Å². The summed E-state index contributed by atoms with van der Waals surface area (Å²) in [6, 6.07) is 59.4. The van der Waals surface area contributed by atoms with Crippen molar-refractivity contribution in [2.45, 2.75) is 0 Å². The quantitative estimate of drug-likeness (QED) is 0.185. The van der Waals surface area contributed by atoms with Crippen LogP contribution in [0.3, 0.4) is 0 Å². The first-order valence-corrected chi connectivity index (χ1v) is 17.1. The molecule has 2 heterocycles. The number of furan rings is 1. The van der Waals surface area contributed by atoms with Crippen molar-refractivity contribution in [3.8, 4) is 50.5 Å². The van der Waals surface area contributed by atoms with E-state index in [1.807, 2.05) is 24.3 Å². The second-order valence-electron chi connectivity index (χ2n) is 12.8. The fourth-order valence-corrected chi connectivity index (χ4v) is 7.62. The maximum Gasteiger partial charge on any atom is 0.149 e. The van der Waals surface area contributed by atoms with Crippen LogP contribution in [0, 0.1) is 5.82 Å². The molecule has 0 aliphatic heterocycles. The number of hydrogen-bond acceptors (Lipinski definition) is 2. The lowest BCUT2D eigenvalue weighted by atomic mass is 9.94. The van der Waals surface area contributed by atoms with Crippen molar-refractivity contribution in [1.82, 2.24) is 9.55 Å². The van der Waals surface area contributed by atoms with Gasteiger partial charge in [-0.2, -0.15) is 0 Å². The van der Waals surface area contributed by atoms with Crippen molar-refractivity contribution >= 4 is 43.7 Å². The smallest absolute Gasteiger partial charge is 0.149 e. The van der Waals surface area contributed by atoms with Crippen LogP contribution in [-0.4, -0.2) is 9.55 Å². The number of imidazole rings is 1. The number of hydrogen-bond donors (Lipinski definition) is 0. The lowest BCUT2D eigenvalue weighted by Gasteiger charge is -2.19. The average molecular weight is 657 g/mol. The van der Waals surface area contributed by atoms with Gasteiger partial charge in [-0.05, 0) is 69.4 Å². The third kappa shape index (κ3) is 4.68. The van der Waals surface area contributed by atoms with Gasteiger partial charge in [0.1, 0.15) is 22.8 Å². The Morgan fingerprint density at radius 2 is 1.04 bits per heavy atom. The Kier molecular flexibility index (Phi) is 6.68. The average Bonchev–Trinajstić information content (AvgIpc) is 3.77. The molecule has 0 aliphatic rings. The molecule has 51 heavy (non-hydrogen) atoms. The molecule has 0 radical (unpaired) electrons. The Morgan fingerprint density at radius 1 is 0.471 bits per heavy atom. The van der Waals surface area contributed by atoms with E-state index in [0.29, 0.717) is 0 Å². The SMILES string of the molecule is Fc1ccc(-c2cc3oc4c(-c5nc6ccccc6n5-c5c(-c6ccccc6)cccc5-c5ccccc5)cccc4c3c3ccccc23)cc1. The van der Waals surface area contributed by atoms with Gasteiger partial charge in [-0.3, -0.25) is 4.57 Å². The fourth-order valence-electron chi connectivity index (χ4n) is 7.62. The molecule has 0 atom stereocenters. The first-order valence-electron chi connectivity index (χ1n) is 17.1. The minimum absolute atomic E-state index is 0.260. The standard InChI is InChI=1S/C47H29FN2O/c48-33-27-25-32(26-28-33)40-29-43-44(37-18-8-7-17-36(37)40)38-21-12-22-39(46(38)51-43)47-49-41-23-9-10-24-42(41)50(47)45-34(30-13-3-1-4-14-30)19-11-20-35(45)31-15-5-2-6-16-31/h1-29H. The van der Waals surface area contributed by atoms with Gasteiger partial charge in [-0.1, -0.05) is 140 Å². The van der Waals surface area contributed by atoms with E-state index in [1.54, 1.807) is 0 Å². The van der Waals surface area contributed by atoms with Gasteiger partial charge in [-0.15, -0.1) is 0 Å². The van der Waals surface area contributed by atoms with Gasteiger partial charge in [0.05, 0.1) is 22.3 Å². The van der Waals surface area contributed by atoms with Crippen molar-refractivity contribution in [3.05, 3.63) is 182 Å². The van der Waals surface area contributed by atoms with Crippen molar-refractivity contribution < 1.29 is 8.81 Å². The molecule has 2 aromatic heterocycles. The minimum Gasteiger partial charge on any atom is -0.455 e. The Labute approximate surface area is 293 Å². The van der Waals surface area contributed by atoms with E-state index in [9.17, 15) is 4.39 Å². The maximum atomic E-state index is 14.0. The number of para-hydroxylation sites is 4. The summed E-state index contributed by atoms with van der Waals surface area (Å²) in [5.41, 5.74) is 11.8. The third-order valence-electron chi connectivity index (χ3n) is 9.89. The molecule has 0 amide bonds. The third-order valence-corrected chi connectivity index (χ3v) is 9.89. The molecule has 0 saturated carbocycles. The van der Waals surface area contributed by atoms with Crippen molar-refractivity contribution in [1.29, 1.82) is 0 Å². The molecule has 4 heteroatoms. The number of nitrogens with zero attached hydrogens (tertiary/aromatic N) is 2. The first kappa shape index (κ1) is 29.2. The molecule has 10 aromatic rings. The molecule has 0 unspecified atom stereocenters.